The predicted molar refractivity (Wildman–Crippen MR) is 80.2 cm³/mol. The number of nitrogens with one attached hydrogen (secondary N) is 1. The molecule has 17 heteroatoms. The van der Waals surface area contributed by atoms with Crippen molar-refractivity contribution in [3.8, 4) is 0 Å². The van der Waals surface area contributed by atoms with E-state index in [-0.39, 0.29) is 4.88 Å². The Kier molecular flexibility index (Phi) is 7.07. The summed E-state index contributed by atoms with van der Waals surface area (Å²) in [6.45, 7) is 1.70. The molecule has 0 bridgehead atoms. The van der Waals surface area contributed by atoms with Gasteiger partial charge in [0.05, 0.1) is 6.21 Å². The summed E-state index contributed by atoms with van der Waals surface area (Å²) in [6.07, 6.45) is -6.45. The number of hydrogen-bond donors (Lipinski definition) is 1. The number of amides is 1. The van der Waals surface area contributed by atoms with Gasteiger partial charge in [-0.05, 0) is 18.6 Å². The van der Waals surface area contributed by atoms with Crippen LogP contribution in [0.5, 0.6) is 0 Å². The minimum atomic E-state index is -8.07. The molecular formula is C14H9F13N2OS. The van der Waals surface area contributed by atoms with E-state index in [0.29, 0.717) is 22.9 Å². The minimum Gasteiger partial charge on any atom is -0.266 e. The molecule has 0 atom stereocenters. The number of carbonyl (C=O) groups is 1. The summed E-state index contributed by atoms with van der Waals surface area (Å²) in [5, 5.41) is 2.71. The summed E-state index contributed by atoms with van der Waals surface area (Å²) in [6, 6.07) is 2.81. The van der Waals surface area contributed by atoms with E-state index in [2.05, 4.69) is 5.10 Å². The zero-order valence-electron chi connectivity index (χ0n) is 14.6. The molecule has 1 aromatic heterocycles. The molecule has 0 unspecified atom stereocenters. The SMILES string of the molecule is CCc1ccc(/C=N\NC(=O)C(F)(F)C(F)(F)C(F)(F)C(F)(F)C(F)(F)C(F)(F)F)s1. The minimum absolute atomic E-state index is 0.133. The third kappa shape index (κ3) is 4.32. The van der Waals surface area contributed by atoms with Crippen LogP contribution in [0.2, 0.25) is 0 Å². The molecule has 0 radical (unpaired) electrons. The highest BCUT2D eigenvalue weighted by Crippen LogP contribution is 2.60. The Hall–Kier alpha value is -2.07. The van der Waals surface area contributed by atoms with Crippen LogP contribution in [0, 0.1) is 0 Å². The van der Waals surface area contributed by atoms with E-state index >= 15 is 0 Å². The smallest absolute Gasteiger partial charge is 0.266 e. The molecule has 1 rings (SSSR count). The van der Waals surface area contributed by atoms with Gasteiger partial charge < -0.3 is 0 Å². The van der Waals surface area contributed by atoms with Crippen LogP contribution >= 0.6 is 11.3 Å². The van der Waals surface area contributed by atoms with E-state index in [1.54, 1.807) is 6.92 Å². The number of alkyl halides is 13. The summed E-state index contributed by atoms with van der Waals surface area (Å²) < 4.78 is 168. The molecule has 0 aliphatic heterocycles. The van der Waals surface area contributed by atoms with Crippen LogP contribution in [-0.2, 0) is 11.2 Å². The number of halogens is 13. The zero-order chi connectivity index (χ0) is 24.7. The molecule has 0 fully saturated rings. The van der Waals surface area contributed by atoms with Crippen molar-refractivity contribution in [1.82, 2.24) is 5.43 Å². The van der Waals surface area contributed by atoms with Gasteiger partial charge in [0.25, 0.3) is 0 Å². The standard InChI is InChI=1S/C14H9F13N2OS/c1-2-6-3-4-7(31-6)5-28-29-8(30)9(15,16)10(17,18)11(19,20)12(21,22)13(23,24)14(25,26)27/h3-5H,2H2,1H3,(H,29,30)/b28-5-. The third-order valence-corrected chi connectivity index (χ3v) is 4.77. The van der Waals surface area contributed by atoms with Gasteiger partial charge in [-0.15, -0.1) is 11.3 Å². The van der Waals surface area contributed by atoms with Crippen molar-refractivity contribution >= 4 is 23.5 Å². The fourth-order valence-electron chi connectivity index (χ4n) is 1.79. The van der Waals surface area contributed by atoms with Crippen molar-refractivity contribution in [2.24, 2.45) is 5.10 Å². The van der Waals surface area contributed by atoms with Crippen molar-refractivity contribution in [3.63, 3.8) is 0 Å². The molecule has 1 N–H and O–H groups in total. The molecule has 0 saturated heterocycles. The van der Waals surface area contributed by atoms with E-state index in [9.17, 15) is 61.9 Å². The number of aryl methyl sites for hydroxylation is 1. The van der Waals surface area contributed by atoms with Gasteiger partial charge in [0.15, 0.2) is 0 Å². The lowest BCUT2D eigenvalue weighted by molar-refractivity contribution is -0.436. The average molecular weight is 500 g/mol. The molecule has 31 heavy (non-hydrogen) atoms. The van der Waals surface area contributed by atoms with Gasteiger partial charge in [0, 0.05) is 9.75 Å². The van der Waals surface area contributed by atoms with Crippen molar-refractivity contribution in [3.05, 3.63) is 21.9 Å². The Morgan fingerprint density at radius 2 is 1.35 bits per heavy atom. The molecule has 0 aliphatic carbocycles. The highest BCUT2D eigenvalue weighted by atomic mass is 32.1. The zero-order valence-corrected chi connectivity index (χ0v) is 15.4. The predicted octanol–water partition coefficient (Wildman–Crippen LogP) is 5.50. The fraction of sp³-hybridized carbons (Fsp3) is 0.571. The summed E-state index contributed by atoms with van der Waals surface area (Å²) >= 11 is 0.965. The van der Waals surface area contributed by atoms with Gasteiger partial charge in [-0.1, -0.05) is 6.92 Å². The first-order valence-corrected chi connectivity index (χ1v) is 8.38. The quantitative estimate of drug-likeness (QED) is 0.286. The number of thiophene rings is 1. The van der Waals surface area contributed by atoms with Crippen molar-refractivity contribution in [2.75, 3.05) is 0 Å². The lowest BCUT2D eigenvalue weighted by Crippen LogP contribution is -2.71. The van der Waals surface area contributed by atoms with Gasteiger partial charge in [0.1, 0.15) is 0 Å². The summed E-state index contributed by atoms with van der Waals surface area (Å²) in [7, 11) is 0. The maximum Gasteiger partial charge on any atom is 0.460 e. The fourth-order valence-corrected chi connectivity index (χ4v) is 2.62. The number of hydrazone groups is 1. The molecule has 0 aliphatic rings. The summed E-state index contributed by atoms with van der Waals surface area (Å²) in [4.78, 5) is 12.0. The summed E-state index contributed by atoms with van der Waals surface area (Å²) in [5.41, 5.74) is 0.617. The first-order chi connectivity index (χ1) is 13.7. The van der Waals surface area contributed by atoms with Crippen LogP contribution < -0.4 is 5.43 Å². The summed E-state index contributed by atoms with van der Waals surface area (Å²) in [5.74, 6) is -42.0. The maximum atomic E-state index is 13.5. The highest BCUT2D eigenvalue weighted by molar-refractivity contribution is 7.13. The highest BCUT2D eigenvalue weighted by Gasteiger charge is 2.91. The second-order valence-corrected chi connectivity index (χ2v) is 6.93. The van der Waals surface area contributed by atoms with E-state index in [1.807, 2.05) is 0 Å². The van der Waals surface area contributed by atoms with Crippen LogP contribution in [0.3, 0.4) is 0 Å². The van der Waals surface area contributed by atoms with Gasteiger partial charge in [-0.3, -0.25) is 4.79 Å². The monoisotopic (exact) mass is 500 g/mol. The van der Waals surface area contributed by atoms with Crippen LogP contribution in [0.15, 0.2) is 17.2 Å². The number of rotatable bonds is 8. The second kappa shape index (κ2) is 8.12. The van der Waals surface area contributed by atoms with Crippen molar-refractivity contribution < 1.29 is 61.9 Å². The van der Waals surface area contributed by atoms with Crippen molar-refractivity contribution in [1.29, 1.82) is 0 Å². The van der Waals surface area contributed by atoms with E-state index in [1.165, 1.54) is 12.1 Å². The van der Waals surface area contributed by atoms with Crippen LogP contribution in [0.25, 0.3) is 0 Å². The Morgan fingerprint density at radius 3 is 1.77 bits per heavy atom. The molecule has 1 aromatic rings. The molecule has 0 saturated carbocycles. The van der Waals surface area contributed by atoms with E-state index in [4.69, 9.17) is 0 Å². The normalized spacial score (nSPS) is 14.9. The largest absolute Gasteiger partial charge is 0.460 e. The third-order valence-electron chi connectivity index (χ3n) is 3.61. The lowest BCUT2D eigenvalue weighted by atomic mass is 9.93. The van der Waals surface area contributed by atoms with Crippen LogP contribution in [0.4, 0.5) is 57.1 Å². The number of carbonyl (C=O) groups excluding carboxylic acids is 1. The molecule has 3 nitrogen and oxygen atoms in total. The molecule has 1 heterocycles. The average Bonchev–Trinajstić information content (AvgIpc) is 3.07. The molecule has 178 valence electrons. The Balaban J connectivity index is 3.21. The van der Waals surface area contributed by atoms with Crippen molar-refractivity contribution in [2.45, 2.75) is 49.1 Å². The Morgan fingerprint density at radius 1 is 0.871 bits per heavy atom. The van der Waals surface area contributed by atoms with Gasteiger partial charge in [0.2, 0.25) is 0 Å². The van der Waals surface area contributed by atoms with Gasteiger partial charge >= 0.3 is 41.7 Å². The maximum absolute atomic E-state index is 13.5. The van der Waals surface area contributed by atoms with Gasteiger partial charge in [-0.2, -0.15) is 62.2 Å². The van der Waals surface area contributed by atoms with E-state index < -0.39 is 41.7 Å². The van der Waals surface area contributed by atoms with E-state index in [0.717, 1.165) is 11.3 Å². The number of hydrogen-bond acceptors (Lipinski definition) is 3. The molecular weight excluding hydrogens is 491 g/mol. The first kappa shape index (κ1) is 27.0. The topological polar surface area (TPSA) is 41.5 Å². The van der Waals surface area contributed by atoms with Crippen LogP contribution in [-0.4, -0.2) is 47.9 Å². The Bertz CT molecular complexity index is 828. The molecule has 1 amide bonds. The number of nitrogens with zero attached hydrogens (tertiary/aromatic N) is 1. The molecule has 0 spiro atoms. The first-order valence-electron chi connectivity index (χ1n) is 7.56. The molecule has 0 aromatic carbocycles. The lowest BCUT2D eigenvalue weighted by Gasteiger charge is -2.38. The van der Waals surface area contributed by atoms with Gasteiger partial charge in [-0.25, -0.2) is 5.43 Å². The second-order valence-electron chi connectivity index (χ2n) is 5.73. The Labute approximate surface area is 167 Å². The van der Waals surface area contributed by atoms with Crippen LogP contribution in [0.1, 0.15) is 16.7 Å².